The van der Waals surface area contributed by atoms with Crippen LogP contribution in [0.3, 0.4) is 0 Å². The Kier molecular flexibility index (Phi) is 4.86. The average molecular weight is 329 g/mol. The van der Waals surface area contributed by atoms with Gasteiger partial charge in [0.25, 0.3) is 5.69 Å². The van der Waals surface area contributed by atoms with Gasteiger partial charge in [-0.2, -0.15) is 5.26 Å². The zero-order valence-electron chi connectivity index (χ0n) is 12.9. The molecule has 1 unspecified atom stereocenters. The summed E-state index contributed by atoms with van der Waals surface area (Å²) in [5.74, 6) is -0.645. The molecule has 1 atom stereocenters. The quantitative estimate of drug-likeness (QED) is 0.673. The molecule has 1 aliphatic heterocycles. The maximum Gasteiger partial charge on any atom is 0.269 e. The minimum absolute atomic E-state index is 0.0275. The fraction of sp³-hybridized carbons (Fsp3) is 0.250. The third-order valence-corrected chi connectivity index (χ3v) is 4.40. The SMILES string of the molecule is CSC1=C(C#N)C(c2ccc([N+](=O)[O-])cc2)C(C(C)=O)=C(C)N1. The summed E-state index contributed by atoms with van der Waals surface area (Å²) >= 11 is 1.39. The Morgan fingerprint density at radius 1 is 1.39 bits per heavy atom. The molecule has 7 heteroatoms. The van der Waals surface area contributed by atoms with Gasteiger partial charge in [-0.05, 0) is 25.7 Å². The second kappa shape index (κ2) is 6.67. The summed E-state index contributed by atoms with van der Waals surface area (Å²) in [6.45, 7) is 3.25. The molecule has 23 heavy (non-hydrogen) atoms. The molecule has 0 saturated heterocycles. The van der Waals surface area contributed by atoms with Gasteiger partial charge in [0.1, 0.15) is 0 Å². The van der Waals surface area contributed by atoms with Gasteiger partial charge < -0.3 is 5.32 Å². The number of benzene rings is 1. The van der Waals surface area contributed by atoms with Gasteiger partial charge in [-0.1, -0.05) is 12.1 Å². The van der Waals surface area contributed by atoms with E-state index in [9.17, 15) is 20.2 Å². The van der Waals surface area contributed by atoms with Crippen molar-refractivity contribution in [1.82, 2.24) is 5.32 Å². The maximum atomic E-state index is 12.1. The predicted octanol–water partition coefficient (Wildman–Crippen LogP) is 3.24. The summed E-state index contributed by atoms with van der Waals surface area (Å²) < 4.78 is 0. The van der Waals surface area contributed by atoms with Gasteiger partial charge >= 0.3 is 0 Å². The highest BCUT2D eigenvalue weighted by molar-refractivity contribution is 8.02. The van der Waals surface area contributed by atoms with Crippen LogP contribution in [-0.2, 0) is 4.79 Å². The van der Waals surface area contributed by atoms with Crippen molar-refractivity contribution in [3.63, 3.8) is 0 Å². The fourth-order valence-electron chi connectivity index (χ4n) is 2.66. The number of allylic oxidation sites excluding steroid dienone is 3. The van der Waals surface area contributed by atoms with Crippen LogP contribution in [0.1, 0.15) is 25.3 Å². The number of hydrogen-bond donors (Lipinski definition) is 1. The molecule has 0 amide bonds. The van der Waals surface area contributed by atoms with Crippen LogP contribution in [0.4, 0.5) is 5.69 Å². The number of thioether (sulfide) groups is 1. The Balaban J connectivity index is 2.63. The van der Waals surface area contributed by atoms with Crippen LogP contribution in [-0.4, -0.2) is 17.0 Å². The Bertz CT molecular complexity index is 773. The first-order valence-corrected chi connectivity index (χ1v) is 8.04. The highest BCUT2D eigenvalue weighted by atomic mass is 32.2. The molecule has 2 rings (SSSR count). The number of non-ortho nitro benzene ring substituents is 1. The Morgan fingerprint density at radius 3 is 2.43 bits per heavy atom. The van der Waals surface area contributed by atoms with E-state index in [0.717, 1.165) is 0 Å². The van der Waals surface area contributed by atoms with E-state index >= 15 is 0 Å². The standard InChI is InChI=1S/C16H15N3O3S/c1-9-14(10(2)20)15(13(8-17)16(18-9)23-3)11-4-6-12(7-5-11)19(21)22/h4-7,15,18H,1-3H3. The van der Waals surface area contributed by atoms with Crippen molar-refractivity contribution in [1.29, 1.82) is 5.26 Å². The lowest BCUT2D eigenvalue weighted by Gasteiger charge is -2.28. The summed E-state index contributed by atoms with van der Waals surface area (Å²) in [5, 5.41) is 24.1. The van der Waals surface area contributed by atoms with E-state index in [-0.39, 0.29) is 11.5 Å². The van der Waals surface area contributed by atoms with Crippen LogP contribution in [0.15, 0.2) is 46.1 Å². The van der Waals surface area contributed by atoms with Crippen LogP contribution in [0.2, 0.25) is 0 Å². The number of nitro benzene ring substituents is 1. The molecule has 0 aromatic heterocycles. The maximum absolute atomic E-state index is 12.1. The zero-order valence-corrected chi connectivity index (χ0v) is 13.7. The summed E-state index contributed by atoms with van der Waals surface area (Å²) in [7, 11) is 0. The lowest BCUT2D eigenvalue weighted by molar-refractivity contribution is -0.384. The minimum atomic E-state index is -0.512. The van der Waals surface area contributed by atoms with Crippen LogP contribution >= 0.6 is 11.8 Å². The third-order valence-electron chi connectivity index (χ3n) is 3.67. The molecule has 0 bridgehead atoms. The largest absolute Gasteiger partial charge is 0.353 e. The van der Waals surface area contributed by atoms with Gasteiger partial charge in [0.05, 0.1) is 27.5 Å². The molecular weight excluding hydrogens is 314 g/mol. The number of Topliss-reactive ketones (excluding diaryl/α,β-unsaturated/α-hetero) is 1. The first-order chi connectivity index (χ1) is 10.9. The minimum Gasteiger partial charge on any atom is -0.353 e. The number of carbonyl (C=O) groups excluding carboxylic acids is 1. The number of hydrogen-bond acceptors (Lipinski definition) is 6. The van der Waals surface area contributed by atoms with Crippen molar-refractivity contribution in [3.8, 4) is 6.07 Å². The molecular formula is C16H15N3O3S. The second-order valence-electron chi connectivity index (χ2n) is 5.06. The van der Waals surface area contributed by atoms with Crippen molar-refractivity contribution in [2.24, 2.45) is 0 Å². The number of nitro groups is 1. The van der Waals surface area contributed by atoms with E-state index in [1.165, 1.54) is 30.8 Å². The molecule has 6 nitrogen and oxygen atoms in total. The van der Waals surface area contributed by atoms with E-state index < -0.39 is 10.8 Å². The van der Waals surface area contributed by atoms with E-state index in [2.05, 4.69) is 11.4 Å². The monoisotopic (exact) mass is 329 g/mol. The number of nitrogens with zero attached hydrogens (tertiary/aromatic N) is 2. The lowest BCUT2D eigenvalue weighted by Crippen LogP contribution is -2.26. The summed E-state index contributed by atoms with van der Waals surface area (Å²) in [6, 6.07) is 8.14. The highest BCUT2D eigenvalue weighted by Crippen LogP contribution is 2.40. The Hall–Kier alpha value is -2.59. The van der Waals surface area contributed by atoms with Gasteiger partial charge in [-0.3, -0.25) is 14.9 Å². The number of rotatable bonds is 4. The molecule has 0 aliphatic carbocycles. The second-order valence-corrected chi connectivity index (χ2v) is 5.88. The molecule has 0 radical (unpaired) electrons. The van der Waals surface area contributed by atoms with Gasteiger partial charge in [0, 0.05) is 23.4 Å². The predicted molar refractivity (Wildman–Crippen MR) is 88.5 cm³/mol. The number of nitriles is 1. The third kappa shape index (κ3) is 3.12. The normalized spacial score (nSPS) is 17.6. The van der Waals surface area contributed by atoms with E-state index in [0.29, 0.717) is 27.4 Å². The molecule has 1 aliphatic rings. The van der Waals surface area contributed by atoms with E-state index in [1.807, 2.05) is 6.26 Å². The average Bonchev–Trinajstić information content (AvgIpc) is 2.53. The van der Waals surface area contributed by atoms with Gasteiger partial charge in [-0.15, -0.1) is 11.8 Å². The topological polar surface area (TPSA) is 96.0 Å². The van der Waals surface area contributed by atoms with Crippen molar-refractivity contribution in [2.45, 2.75) is 19.8 Å². The summed E-state index contributed by atoms with van der Waals surface area (Å²) in [5.41, 5.74) is 2.31. The van der Waals surface area contributed by atoms with Gasteiger partial charge in [-0.25, -0.2) is 0 Å². The summed E-state index contributed by atoms with van der Waals surface area (Å²) in [6.07, 6.45) is 1.85. The molecule has 0 spiro atoms. The van der Waals surface area contributed by atoms with Crippen LogP contribution in [0.5, 0.6) is 0 Å². The van der Waals surface area contributed by atoms with Crippen molar-refractivity contribution in [2.75, 3.05) is 6.26 Å². The smallest absolute Gasteiger partial charge is 0.269 e. The van der Waals surface area contributed by atoms with Crippen LogP contribution < -0.4 is 5.32 Å². The molecule has 1 heterocycles. The fourth-order valence-corrected chi connectivity index (χ4v) is 3.30. The number of ketones is 1. The first kappa shape index (κ1) is 16.8. The molecule has 0 saturated carbocycles. The van der Waals surface area contributed by atoms with Crippen molar-refractivity contribution < 1.29 is 9.72 Å². The number of dihydropyridines is 1. The van der Waals surface area contributed by atoms with Crippen LogP contribution in [0.25, 0.3) is 0 Å². The van der Waals surface area contributed by atoms with E-state index in [1.54, 1.807) is 19.1 Å². The highest BCUT2D eigenvalue weighted by Gasteiger charge is 2.32. The number of carbonyl (C=O) groups is 1. The molecule has 0 fully saturated rings. The molecule has 1 N–H and O–H groups in total. The summed E-state index contributed by atoms with van der Waals surface area (Å²) in [4.78, 5) is 22.4. The van der Waals surface area contributed by atoms with Gasteiger partial charge in [0.2, 0.25) is 0 Å². The zero-order chi connectivity index (χ0) is 17.1. The first-order valence-electron chi connectivity index (χ1n) is 6.82. The molecule has 1 aromatic carbocycles. The Labute approximate surface area is 138 Å². The lowest BCUT2D eigenvalue weighted by atomic mass is 9.81. The van der Waals surface area contributed by atoms with Gasteiger partial charge in [0.15, 0.2) is 5.78 Å². The molecule has 1 aromatic rings. The molecule has 118 valence electrons. The van der Waals surface area contributed by atoms with Crippen LogP contribution in [0, 0.1) is 21.4 Å². The van der Waals surface area contributed by atoms with Crippen molar-refractivity contribution >= 4 is 23.2 Å². The van der Waals surface area contributed by atoms with Crippen molar-refractivity contribution in [3.05, 3.63) is 61.8 Å². The van der Waals surface area contributed by atoms with E-state index in [4.69, 9.17) is 0 Å². The Morgan fingerprint density at radius 2 is 2.00 bits per heavy atom. The number of nitrogens with one attached hydrogen (secondary N) is 1.